The summed E-state index contributed by atoms with van der Waals surface area (Å²) in [4.78, 5) is 10.8. The third-order valence-corrected chi connectivity index (χ3v) is 2.59. The first-order valence-corrected chi connectivity index (χ1v) is 3.67. The van der Waals surface area contributed by atoms with Gasteiger partial charge in [-0.1, -0.05) is 13.8 Å². The standard InChI is InChI=1S/C7H12N2O/c1-7(2)3-4-5(7)9-6(10)8-4/h4-5H,3H2,1-2H3,(H2,8,9,10). The van der Waals surface area contributed by atoms with Crippen molar-refractivity contribution in [3.63, 3.8) is 0 Å². The van der Waals surface area contributed by atoms with E-state index in [9.17, 15) is 4.79 Å². The van der Waals surface area contributed by atoms with Crippen molar-refractivity contribution >= 4 is 6.03 Å². The number of hydrogen-bond acceptors (Lipinski definition) is 1. The van der Waals surface area contributed by atoms with E-state index in [0.717, 1.165) is 6.42 Å². The third-order valence-electron chi connectivity index (χ3n) is 2.59. The van der Waals surface area contributed by atoms with Gasteiger partial charge in [-0.3, -0.25) is 0 Å². The van der Waals surface area contributed by atoms with Crippen LogP contribution in [0.5, 0.6) is 0 Å². The molecule has 56 valence electrons. The van der Waals surface area contributed by atoms with Gasteiger partial charge in [0.15, 0.2) is 0 Å². The third kappa shape index (κ3) is 0.576. The largest absolute Gasteiger partial charge is 0.333 e. The SMILES string of the molecule is CC1(C)CC2NC(=O)NC21. The maximum Gasteiger partial charge on any atom is 0.315 e. The van der Waals surface area contributed by atoms with Crippen molar-refractivity contribution in [2.75, 3.05) is 0 Å². The molecule has 0 aromatic carbocycles. The van der Waals surface area contributed by atoms with Gasteiger partial charge in [-0.2, -0.15) is 0 Å². The van der Waals surface area contributed by atoms with Gasteiger partial charge < -0.3 is 10.6 Å². The molecule has 1 aliphatic carbocycles. The molecule has 2 atom stereocenters. The van der Waals surface area contributed by atoms with Crippen molar-refractivity contribution in [3.8, 4) is 0 Å². The van der Waals surface area contributed by atoms with Gasteiger partial charge >= 0.3 is 6.03 Å². The molecule has 2 N–H and O–H groups in total. The molecule has 10 heavy (non-hydrogen) atoms. The Morgan fingerprint density at radius 1 is 1.50 bits per heavy atom. The summed E-state index contributed by atoms with van der Waals surface area (Å²) in [7, 11) is 0. The second kappa shape index (κ2) is 1.47. The molecular weight excluding hydrogens is 128 g/mol. The lowest BCUT2D eigenvalue weighted by atomic mass is 9.64. The van der Waals surface area contributed by atoms with Crippen LogP contribution >= 0.6 is 0 Å². The summed E-state index contributed by atoms with van der Waals surface area (Å²) in [5.41, 5.74) is 0.309. The van der Waals surface area contributed by atoms with E-state index in [4.69, 9.17) is 0 Å². The first-order valence-electron chi connectivity index (χ1n) is 3.67. The Kier molecular flexibility index (Phi) is 0.881. The zero-order valence-electron chi connectivity index (χ0n) is 6.27. The summed E-state index contributed by atoms with van der Waals surface area (Å²) in [5.74, 6) is 0. The normalized spacial score (nSPS) is 41.2. The number of nitrogens with one attached hydrogen (secondary N) is 2. The molecular formula is C7H12N2O. The number of carbonyl (C=O) groups excluding carboxylic acids is 1. The number of rotatable bonds is 0. The molecule has 1 saturated carbocycles. The molecule has 2 aliphatic rings. The number of carbonyl (C=O) groups is 1. The molecule has 1 heterocycles. The van der Waals surface area contributed by atoms with Crippen molar-refractivity contribution in [3.05, 3.63) is 0 Å². The Balaban J connectivity index is 2.13. The van der Waals surface area contributed by atoms with Gasteiger partial charge in [0.25, 0.3) is 0 Å². The fraction of sp³-hybridized carbons (Fsp3) is 0.857. The van der Waals surface area contributed by atoms with Crippen molar-refractivity contribution < 1.29 is 4.79 Å². The smallest absolute Gasteiger partial charge is 0.315 e. The van der Waals surface area contributed by atoms with Crippen LogP contribution in [-0.2, 0) is 0 Å². The molecule has 2 fully saturated rings. The molecule has 0 aromatic heterocycles. The van der Waals surface area contributed by atoms with Gasteiger partial charge in [-0.05, 0) is 11.8 Å². The average molecular weight is 140 g/mol. The second-order valence-electron chi connectivity index (χ2n) is 3.89. The Hall–Kier alpha value is -0.730. The molecule has 2 amide bonds. The number of urea groups is 1. The monoisotopic (exact) mass is 140 g/mol. The van der Waals surface area contributed by atoms with Gasteiger partial charge in [0, 0.05) is 0 Å². The summed E-state index contributed by atoms with van der Waals surface area (Å²) >= 11 is 0. The van der Waals surface area contributed by atoms with Crippen molar-refractivity contribution in [1.82, 2.24) is 10.6 Å². The predicted molar refractivity (Wildman–Crippen MR) is 37.6 cm³/mol. The summed E-state index contributed by atoms with van der Waals surface area (Å²) < 4.78 is 0. The highest BCUT2D eigenvalue weighted by Crippen LogP contribution is 2.42. The van der Waals surface area contributed by atoms with E-state index < -0.39 is 0 Å². The Morgan fingerprint density at radius 2 is 2.20 bits per heavy atom. The Labute approximate surface area is 60.2 Å². The lowest BCUT2D eigenvalue weighted by Gasteiger charge is -2.46. The van der Waals surface area contributed by atoms with Crippen LogP contribution in [0.15, 0.2) is 0 Å². The average Bonchev–Trinajstić information content (AvgIpc) is 2.08. The van der Waals surface area contributed by atoms with Gasteiger partial charge in [0.2, 0.25) is 0 Å². The molecule has 0 radical (unpaired) electrons. The lowest BCUT2D eigenvalue weighted by Crippen LogP contribution is -2.57. The fourth-order valence-corrected chi connectivity index (χ4v) is 1.98. The first kappa shape index (κ1) is 6.01. The molecule has 3 heteroatoms. The van der Waals surface area contributed by atoms with E-state index in [2.05, 4.69) is 24.5 Å². The van der Waals surface area contributed by atoms with E-state index in [1.54, 1.807) is 0 Å². The summed E-state index contributed by atoms with van der Waals surface area (Å²) in [5, 5.41) is 5.75. The molecule has 2 unspecified atom stereocenters. The maximum absolute atomic E-state index is 10.8. The van der Waals surface area contributed by atoms with E-state index in [1.807, 2.05) is 0 Å². The maximum atomic E-state index is 10.8. The van der Waals surface area contributed by atoms with Crippen LogP contribution < -0.4 is 10.6 Å². The number of fused-ring (bicyclic) bond motifs is 1. The van der Waals surface area contributed by atoms with E-state index in [1.165, 1.54) is 0 Å². The fourth-order valence-electron chi connectivity index (χ4n) is 1.98. The molecule has 1 saturated heterocycles. The minimum atomic E-state index is 0.000532. The molecule has 0 spiro atoms. The molecule has 3 nitrogen and oxygen atoms in total. The van der Waals surface area contributed by atoms with E-state index >= 15 is 0 Å². The van der Waals surface area contributed by atoms with E-state index in [0.29, 0.717) is 17.5 Å². The number of hydrogen-bond donors (Lipinski definition) is 2. The summed E-state index contributed by atoms with van der Waals surface area (Å²) in [6, 6.07) is 0.781. The van der Waals surface area contributed by atoms with Crippen LogP contribution in [0, 0.1) is 5.41 Å². The minimum absolute atomic E-state index is 0.000532. The quantitative estimate of drug-likeness (QED) is 0.504. The predicted octanol–water partition coefficient (Wildman–Crippen LogP) is 0.466. The van der Waals surface area contributed by atoms with Crippen molar-refractivity contribution in [2.45, 2.75) is 32.4 Å². The van der Waals surface area contributed by atoms with Crippen LogP contribution in [0.25, 0.3) is 0 Å². The van der Waals surface area contributed by atoms with Crippen LogP contribution in [0.3, 0.4) is 0 Å². The molecule has 1 aliphatic heterocycles. The van der Waals surface area contributed by atoms with Gasteiger partial charge in [0.05, 0.1) is 12.1 Å². The molecule has 0 aromatic rings. The zero-order valence-corrected chi connectivity index (χ0v) is 6.27. The van der Waals surface area contributed by atoms with Crippen LogP contribution in [0.2, 0.25) is 0 Å². The molecule has 0 bridgehead atoms. The van der Waals surface area contributed by atoms with Gasteiger partial charge in [-0.15, -0.1) is 0 Å². The lowest BCUT2D eigenvalue weighted by molar-refractivity contribution is 0.103. The Morgan fingerprint density at radius 3 is 2.60 bits per heavy atom. The zero-order chi connectivity index (χ0) is 7.35. The van der Waals surface area contributed by atoms with Crippen LogP contribution in [0.4, 0.5) is 4.79 Å². The molecule has 2 rings (SSSR count). The summed E-state index contributed by atoms with van der Waals surface area (Å²) in [6.45, 7) is 4.36. The number of amides is 2. The highest BCUT2D eigenvalue weighted by atomic mass is 16.2. The van der Waals surface area contributed by atoms with Crippen molar-refractivity contribution in [2.24, 2.45) is 5.41 Å². The second-order valence-corrected chi connectivity index (χ2v) is 3.89. The topological polar surface area (TPSA) is 41.1 Å². The minimum Gasteiger partial charge on any atom is -0.333 e. The summed E-state index contributed by atoms with van der Waals surface area (Å²) in [6.07, 6.45) is 1.11. The van der Waals surface area contributed by atoms with E-state index in [-0.39, 0.29) is 6.03 Å². The highest BCUT2D eigenvalue weighted by Gasteiger charge is 2.52. The highest BCUT2D eigenvalue weighted by molar-refractivity contribution is 5.78. The Bertz CT molecular complexity index is 188. The van der Waals surface area contributed by atoms with Crippen molar-refractivity contribution in [1.29, 1.82) is 0 Å². The van der Waals surface area contributed by atoms with Gasteiger partial charge in [-0.25, -0.2) is 4.79 Å². The first-order chi connectivity index (χ1) is 4.59. The van der Waals surface area contributed by atoms with Crippen LogP contribution in [0.1, 0.15) is 20.3 Å². The van der Waals surface area contributed by atoms with Crippen LogP contribution in [-0.4, -0.2) is 18.1 Å². The van der Waals surface area contributed by atoms with Gasteiger partial charge in [0.1, 0.15) is 0 Å².